The smallest absolute Gasteiger partial charge is 0.252 e. The Labute approximate surface area is 853 Å². The van der Waals surface area contributed by atoms with Crippen LogP contribution in [0.4, 0.5) is 34.1 Å². The van der Waals surface area contributed by atoms with Crippen LogP contribution in [0.1, 0.15) is 102 Å². The number of rotatable bonds is 16. The lowest BCUT2D eigenvalue weighted by Gasteiger charge is -2.46. The second-order valence-corrected chi connectivity index (χ2v) is 37.9. The Hall–Kier alpha value is -18.0. The second kappa shape index (κ2) is 34.6. The van der Waals surface area contributed by atoms with Crippen molar-refractivity contribution in [3.63, 3.8) is 0 Å². The van der Waals surface area contributed by atoms with Gasteiger partial charge in [0.15, 0.2) is 69.9 Å². The number of benzene rings is 17. The first-order valence-corrected chi connectivity index (χ1v) is 47.3. The highest BCUT2D eigenvalue weighted by Crippen LogP contribution is 2.55. The molecule has 0 N–H and O–H groups in total. The molecule has 0 unspecified atom stereocenters. The summed E-state index contributed by atoms with van der Waals surface area (Å²) < 4.78 is 175. The molecule has 0 radical (unpaired) electrons. The lowest BCUT2D eigenvalue weighted by molar-refractivity contribution is 0.590. The van der Waals surface area contributed by atoms with Crippen molar-refractivity contribution in [1.29, 1.82) is 0 Å². The third-order valence-electron chi connectivity index (χ3n) is 26.8. The maximum absolute atomic E-state index is 10.4. The zero-order valence-electron chi connectivity index (χ0n) is 95.4. The van der Waals surface area contributed by atoms with Crippen LogP contribution < -0.4 is 26.2 Å². The molecule has 143 heavy (non-hydrogen) atoms. The predicted octanol–water partition coefficient (Wildman–Crippen LogP) is 28.6. The van der Waals surface area contributed by atoms with Gasteiger partial charge in [-0.05, 0) is 146 Å². The topological polar surface area (TPSA) is 171 Å². The summed E-state index contributed by atoms with van der Waals surface area (Å²) in [6.45, 7) is -0.478. The minimum atomic E-state index is -4.07. The molecule has 682 valence electrons. The van der Waals surface area contributed by atoms with Crippen LogP contribution in [0.15, 0.2) is 412 Å². The summed E-state index contributed by atoms with van der Waals surface area (Å²) in [6.07, 6.45) is 0. The van der Waals surface area contributed by atoms with Crippen LogP contribution in [-0.4, -0.2) is 75.7 Å². The number of hydrogen-bond acceptors (Lipinski definition) is 14. The molecule has 0 atom stereocenters. The van der Waals surface area contributed by atoms with Crippen LogP contribution in [0.5, 0.6) is 0 Å². The molecule has 0 saturated carbocycles. The van der Waals surface area contributed by atoms with E-state index in [-0.39, 0.29) is 164 Å². The zero-order valence-corrected chi connectivity index (χ0v) is 78.4. The molecule has 0 saturated heterocycles. The molecule has 2 aliphatic rings. The number of fused-ring (bicyclic) bond motifs is 10. The van der Waals surface area contributed by atoms with Crippen molar-refractivity contribution in [2.75, 3.05) is 9.80 Å². The Morgan fingerprint density at radius 1 is 0.231 bits per heavy atom. The molecule has 0 spiro atoms. The maximum Gasteiger partial charge on any atom is 0.252 e. The minimum absolute atomic E-state index is 0.00151. The molecule has 25 rings (SSSR count). The predicted molar refractivity (Wildman–Crippen MR) is 584 cm³/mol. The Morgan fingerprint density at radius 2 is 0.497 bits per heavy atom. The average Bonchev–Trinajstić information content (AvgIpc) is 0.715. The normalized spacial score (nSPS) is 14.4. The highest BCUT2D eigenvalue weighted by atomic mass is 15.2. The lowest BCUT2D eigenvalue weighted by atomic mass is 9.33. The number of hydrogen-bond donors (Lipinski definition) is 0. The van der Waals surface area contributed by atoms with Gasteiger partial charge in [-0.1, -0.05) is 377 Å². The fraction of sp³-hybridized carbons (Fsp3) is 0.0952. The zero-order chi connectivity index (χ0) is 111. The van der Waals surface area contributed by atoms with Gasteiger partial charge in [-0.15, -0.1) is 0 Å². The summed E-state index contributed by atoms with van der Waals surface area (Å²) >= 11 is 0. The third-order valence-corrected chi connectivity index (χ3v) is 26.8. The van der Waals surface area contributed by atoms with Gasteiger partial charge in [-0.25, -0.2) is 59.8 Å². The van der Waals surface area contributed by atoms with Crippen molar-refractivity contribution in [2.45, 2.75) is 78.3 Å². The summed E-state index contributed by atoms with van der Waals surface area (Å²) in [6, 6.07) is 107. The van der Waals surface area contributed by atoms with E-state index in [2.05, 4.69) is 82.5 Å². The van der Waals surface area contributed by atoms with Gasteiger partial charge in [-0.2, -0.15) is 0 Å². The quantitative estimate of drug-likeness (QED) is 0.0837. The van der Waals surface area contributed by atoms with Gasteiger partial charge in [0.2, 0.25) is 0 Å². The Kier molecular flexibility index (Phi) is 16.9. The lowest BCUT2D eigenvalue weighted by Crippen LogP contribution is -2.61. The van der Waals surface area contributed by atoms with Crippen LogP contribution in [0.25, 0.3) is 192 Å². The first-order valence-electron chi connectivity index (χ1n) is 55.8. The van der Waals surface area contributed by atoms with Gasteiger partial charge < -0.3 is 18.9 Å². The van der Waals surface area contributed by atoms with Gasteiger partial charge in [0.1, 0.15) is 0 Å². The summed E-state index contributed by atoms with van der Waals surface area (Å²) in [7, 11) is 0. The van der Waals surface area contributed by atoms with Crippen molar-refractivity contribution in [2.24, 2.45) is 0 Å². The van der Waals surface area contributed by atoms with Gasteiger partial charge >= 0.3 is 0 Å². The molecule has 2 aliphatic heterocycles. The average molecular weight is 1860 g/mol. The fourth-order valence-corrected chi connectivity index (χ4v) is 19.9. The molecule has 23 aromatic rings. The molecule has 0 amide bonds. The summed E-state index contributed by atoms with van der Waals surface area (Å²) in [5, 5.41) is 1.34. The van der Waals surface area contributed by atoms with Crippen molar-refractivity contribution < 1.29 is 23.3 Å². The number of para-hydroxylation sites is 4. The van der Waals surface area contributed by atoms with Gasteiger partial charge in [0.05, 0.1) is 44.4 Å². The van der Waals surface area contributed by atoms with E-state index in [4.69, 9.17) is 59.8 Å². The van der Waals surface area contributed by atoms with Crippen LogP contribution in [0.2, 0.25) is 0 Å². The molecule has 16 nitrogen and oxygen atoms in total. The molecule has 17 heteroatoms. The summed E-state index contributed by atoms with van der Waals surface area (Å²) in [5.74, 6) is 1.67. The van der Waals surface area contributed by atoms with E-state index in [0.717, 1.165) is 32.9 Å². The van der Waals surface area contributed by atoms with Crippen LogP contribution in [0.3, 0.4) is 0 Å². The molecule has 6 aromatic heterocycles. The fourth-order valence-electron chi connectivity index (χ4n) is 19.9. The SMILES string of the molecule is [2H]c1c([2H])c([2H])c2c(c1[2H])c1c([2H])c([2H])c([2H])c([2H])c1n2-c1ccc2c(c1)N(c1c(-c3nc(-c4ccccc4)nc(-c4ccccc4)n3)cccc1-c1nc(-c3ccccc3)nc(-c3ccccc3)n1)c1cc(C(C([2H])([2H])[2H])(C([2H])([2H])[2H])C([2H])([2H])[2H])cc3c1B2c1ccc(-n2c4ccc(C(C)(C)C)cc4c4cc(C(C)(C)C)ccc42)cc1N3c1c(-c2nc(-c3ccccc3)nc(-c3ccccc3)n2)cccc1-c1nc(-c2ccccc2)nc(-c2ccccc2)n1. The Bertz CT molecular complexity index is 9170. The van der Waals surface area contributed by atoms with Gasteiger partial charge in [-0.3, -0.25) is 0 Å². The van der Waals surface area contributed by atoms with E-state index >= 15 is 0 Å². The van der Waals surface area contributed by atoms with Crippen LogP contribution in [-0.2, 0) is 16.2 Å². The Morgan fingerprint density at radius 3 is 0.769 bits per heavy atom. The highest BCUT2D eigenvalue weighted by molar-refractivity contribution is 7.00. The molecule has 17 aromatic carbocycles. The molecule has 8 heterocycles. The van der Waals surface area contributed by atoms with Crippen molar-refractivity contribution in [1.82, 2.24) is 68.9 Å². The monoisotopic (exact) mass is 1860 g/mol. The standard InChI is InChI=1S/C126H95BN16/c1-124(2,3)86-64-70-103-97(72-86)98-73-87(125(4,5)6)65-71-104(98)141(103)90-67-69-100-106(77-90)143(111-95(122-136-116(82-48-26-14-27-49-82)130-117(137-122)83-50-28-15-29-51-83)60-39-61-96(111)123-138-118(84-52-30-16-31-53-84)131-119(139-123)85-54-32-17-33-55-85)108-75-88(126(7,8)9)74-107-109(108)127(100)99-68-66-89(140-101-62-36-34-56-91(101)92-57-35-37-63-102(92)140)76-105(99)142(107)110-93(120-132-112(78-40-18-10-19-41-78)128-113(133-120)79-42-20-11-21-43-79)58-38-59-94(110)121-134-114(80-44-22-12-23-45-80)129-115(135-121)81-46-24-13-25-47-81/h10-77H,1-9H3/i7D3,8D3,9D3,34D,35D,36D,37D,56D,57D,62D,63D. The minimum Gasteiger partial charge on any atom is -0.310 e. The van der Waals surface area contributed by atoms with E-state index < -0.39 is 86.6 Å². The molecule has 0 aliphatic carbocycles. The number of aromatic nitrogens is 14. The third kappa shape index (κ3) is 15.4. The number of anilines is 6. The van der Waals surface area contributed by atoms with Gasteiger partial charge in [0, 0.05) is 135 Å². The van der Waals surface area contributed by atoms with Crippen molar-refractivity contribution >= 4 is 101 Å². The Balaban J connectivity index is 0.926. The van der Waals surface area contributed by atoms with Crippen LogP contribution >= 0.6 is 0 Å². The van der Waals surface area contributed by atoms with E-state index in [9.17, 15) is 23.3 Å². The van der Waals surface area contributed by atoms with E-state index in [1.807, 2.05) is 290 Å². The second-order valence-electron chi connectivity index (χ2n) is 37.9. The summed E-state index contributed by atoms with van der Waals surface area (Å²) in [4.78, 5) is 69.7. The maximum atomic E-state index is 10.4. The van der Waals surface area contributed by atoms with Gasteiger partial charge in [0.25, 0.3) is 6.71 Å². The van der Waals surface area contributed by atoms with Crippen molar-refractivity contribution in [3.8, 4) is 148 Å². The largest absolute Gasteiger partial charge is 0.310 e. The highest BCUT2D eigenvalue weighted by Gasteiger charge is 2.47. The first kappa shape index (κ1) is 69.8. The molecular formula is C126H95BN16. The van der Waals surface area contributed by atoms with E-state index in [0.29, 0.717) is 66.8 Å². The molecule has 0 fully saturated rings. The van der Waals surface area contributed by atoms with E-state index in [1.54, 1.807) is 35.2 Å². The van der Waals surface area contributed by atoms with E-state index in [1.165, 1.54) is 16.7 Å². The molecular weight excluding hydrogens is 1750 g/mol. The molecule has 0 bridgehead atoms. The van der Waals surface area contributed by atoms with Crippen LogP contribution in [0, 0.1) is 0 Å². The number of nitrogens with zero attached hydrogens (tertiary/aromatic N) is 16. The van der Waals surface area contributed by atoms with Crippen molar-refractivity contribution in [3.05, 3.63) is 429 Å². The first-order chi connectivity index (χ1) is 76.9. The summed E-state index contributed by atoms with van der Waals surface area (Å²) in [5.41, 5.74) is 4.99.